The number of halogens is 3. The van der Waals surface area contributed by atoms with Crippen molar-refractivity contribution in [3.05, 3.63) is 41.5 Å². The first-order valence-electron chi connectivity index (χ1n) is 12.6. The SMILES string of the molecule is C[C@H](NC(=O)OC(C)(C)C)C(=O)N1CC2COc3c(cn(C)c3C(=O)Nc3cc(F)c(F)c(F)c3)S(=O)(=O)NC2C1. The number of alkyl carbamates (subject to hydrolysis) is 1. The predicted octanol–water partition coefficient (Wildman–Crippen LogP) is 2.11. The number of aromatic nitrogens is 1. The fraction of sp³-hybridized carbons (Fsp3) is 0.480. The molecule has 3 N–H and O–H groups in total. The second-order valence-corrected chi connectivity index (χ2v) is 12.6. The maximum atomic E-state index is 13.6. The smallest absolute Gasteiger partial charge is 0.408 e. The number of ether oxygens (including phenoxy) is 2. The molecule has 2 aliphatic heterocycles. The van der Waals surface area contributed by atoms with Crippen molar-refractivity contribution in [2.45, 2.75) is 50.3 Å². The molecule has 0 spiro atoms. The van der Waals surface area contributed by atoms with Crippen LogP contribution < -0.4 is 20.1 Å². The van der Waals surface area contributed by atoms with Gasteiger partial charge in [0.25, 0.3) is 5.91 Å². The Morgan fingerprint density at radius 3 is 2.39 bits per heavy atom. The van der Waals surface area contributed by atoms with E-state index in [-0.39, 0.29) is 36.0 Å². The van der Waals surface area contributed by atoms with Crippen molar-refractivity contribution in [3.8, 4) is 5.75 Å². The van der Waals surface area contributed by atoms with Crippen LogP contribution in [0.25, 0.3) is 0 Å². The van der Waals surface area contributed by atoms with Crippen molar-refractivity contribution in [2.75, 3.05) is 25.0 Å². The van der Waals surface area contributed by atoms with Crippen LogP contribution in [0.5, 0.6) is 5.75 Å². The molecule has 3 heterocycles. The molecule has 4 rings (SSSR count). The van der Waals surface area contributed by atoms with Crippen LogP contribution in [0.15, 0.2) is 23.2 Å². The molecule has 2 unspecified atom stereocenters. The van der Waals surface area contributed by atoms with Gasteiger partial charge in [-0.3, -0.25) is 9.59 Å². The third-order valence-corrected chi connectivity index (χ3v) is 7.94. The predicted molar refractivity (Wildman–Crippen MR) is 138 cm³/mol. The zero-order valence-electron chi connectivity index (χ0n) is 22.9. The summed E-state index contributed by atoms with van der Waals surface area (Å²) in [5, 5.41) is 4.68. The molecule has 16 heteroatoms. The fourth-order valence-corrected chi connectivity index (χ4v) is 6.10. The molecular formula is C25H30F3N5O7S. The van der Waals surface area contributed by atoms with Gasteiger partial charge in [-0.05, 0) is 27.7 Å². The molecule has 0 aliphatic carbocycles. The second kappa shape index (κ2) is 10.9. The maximum absolute atomic E-state index is 13.6. The van der Waals surface area contributed by atoms with Crippen LogP contribution in [-0.4, -0.2) is 73.2 Å². The molecule has 0 radical (unpaired) electrons. The number of fused-ring (bicyclic) bond motifs is 2. The van der Waals surface area contributed by atoms with Crippen LogP contribution in [0.2, 0.25) is 0 Å². The molecule has 0 saturated carbocycles. The van der Waals surface area contributed by atoms with Crippen LogP contribution >= 0.6 is 0 Å². The number of hydrogen-bond acceptors (Lipinski definition) is 7. The highest BCUT2D eigenvalue weighted by atomic mass is 32.2. The van der Waals surface area contributed by atoms with E-state index >= 15 is 0 Å². The van der Waals surface area contributed by atoms with E-state index in [9.17, 15) is 36.0 Å². The highest BCUT2D eigenvalue weighted by molar-refractivity contribution is 7.89. The standard InChI is InChI=1S/C25H30F3N5O7S/c1-12(29-24(36)40-25(2,3)4)23(35)33-8-13-11-39-21-18(41(37,38)31-17(13)9-33)10-32(5)20(21)22(34)30-14-6-15(26)19(28)16(27)7-14/h6-7,10,12-13,17,31H,8-9,11H2,1-5H3,(H,29,36)(H,30,34)/t12-,13?,17?/m0/s1. The number of nitrogens with one attached hydrogen (secondary N) is 3. The van der Waals surface area contributed by atoms with E-state index in [1.807, 2.05) is 0 Å². The number of hydrogen-bond donors (Lipinski definition) is 3. The number of nitrogens with zero attached hydrogens (tertiary/aromatic N) is 2. The summed E-state index contributed by atoms with van der Waals surface area (Å²) < 4.78 is 81.9. The number of carbonyl (C=O) groups excluding carboxylic acids is 3. The van der Waals surface area contributed by atoms with E-state index in [0.717, 1.165) is 6.20 Å². The Morgan fingerprint density at radius 2 is 1.78 bits per heavy atom. The van der Waals surface area contributed by atoms with Crippen LogP contribution in [0, 0.1) is 23.4 Å². The molecule has 2 aliphatic rings. The van der Waals surface area contributed by atoms with Gasteiger partial charge in [-0.1, -0.05) is 0 Å². The summed E-state index contributed by atoms with van der Waals surface area (Å²) in [6.07, 6.45) is 0.365. The largest absolute Gasteiger partial charge is 0.489 e. The van der Waals surface area contributed by atoms with Crippen molar-refractivity contribution >= 4 is 33.6 Å². The number of carbonyl (C=O) groups is 3. The summed E-state index contributed by atoms with van der Waals surface area (Å²) in [6.45, 7) is 6.51. The molecule has 224 valence electrons. The van der Waals surface area contributed by atoms with E-state index < -0.39 is 74.7 Å². The molecule has 12 nitrogen and oxygen atoms in total. The first-order valence-corrected chi connectivity index (χ1v) is 14.0. The summed E-state index contributed by atoms with van der Waals surface area (Å²) in [4.78, 5) is 39.2. The monoisotopic (exact) mass is 601 g/mol. The molecule has 3 atom stereocenters. The van der Waals surface area contributed by atoms with E-state index in [4.69, 9.17) is 9.47 Å². The minimum absolute atomic E-state index is 0.00360. The fourth-order valence-electron chi connectivity index (χ4n) is 4.61. The summed E-state index contributed by atoms with van der Waals surface area (Å²) >= 11 is 0. The highest BCUT2D eigenvalue weighted by Crippen LogP contribution is 2.35. The van der Waals surface area contributed by atoms with Crippen LogP contribution in [0.1, 0.15) is 38.2 Å². The summed E-state index contributed by atoms with van der Waals surface area (Å²) in [5.41, 5.74) is -1.43. The molecule has 0 bridgehead atoms. The molecule has 2 aromatic rings. The minimum atomic E-state index is -4.26. The average molecular weight is 602 g/mol. The molecule has 1 fully saturated rings. The lowest BCUT2D eigenvalue weighted by Gasteiger charge is -2.24. The number of likely N-dealkylation sites (tertiary alicyclic amines) is 1. The normalized spacial score (nSPS) is 20.5. The average Bonchev–Trinajstić information content (AvgIpc) is 3.38. The van der Waals surface area contributed by atoms with Gasteiger partial charge in [-0.2, -0.15) is 0 Å². The van der Waals surface area contributed by atoms with Crippen molar-refractivity contribution < 1.29 is 45.4 Å². The Kier molecular flexibility index (Phi) is 8.01. The van der Waals surface area contributed by atoms with Gasteiger partial charge in [0.2, 0.25) is 15.9 Å². The number of aryl methyl sites for hydroxylation is 1. The van der Waals surface area contributed by atoms with Crippen molar-refractivity contribution in [3.63, 3.8) is 0 Å². The van der Waals surface area contributed by atoms with E-state index in [0.29, 0.717) is 12.1 Å². The van der Waals surface area contributed by atoms with E-state index in [2.05, 4.69) is 15.4 Å². The Balaban J connectivity index is 1.52. The number of rotatable bonds is 4. The first-order chi connectivity index (χ1) is 19.0. The van der Waals surface area contributed by atoms with Crippen LogP contribution in [-0.2, 0) is 26.6 Å². The van der Waals surface area contributed by atoms with E-state index in [1.165, 1.54) is 23.4 Å². The van der Waals surface area contributed by atoms with Gasteiger partial charge >= 0.3 is 6.09 Å². The molecule has 1 aromatic heterocycles. The minimum Gasteiger partial charge on any atom is -0.489 e. The van der Waals surface area contributed by atoms with Gasteiger partial charge in [-0.15, -0.1) is 0 Å². The molecular weight excluding hydrogens is 571 g/mol. The quantitative estimate of drug-likeness (QED) is 0.455. The van der Waals surface area contributed by atoms with Gasteiger partial charge < -0.3 is 29.6 Å². The van der Waals surface area contributed by atoms with Crippen molar-refractivity contribution in [1.82, 2.24) is 19.5 Å². The molecule has 1 saturated heterocycles. The molecule has 1 aromatic carbocycles. The van der Waals surface area contributed by atoms with Gasteiger partial charge in [0.1, 0.15) is 16.5 Å². The number of amides is 3. The number of benzene rings is 1. The van der Waals surface area contributed by atoms with Crippen LogP contribution in [0.3, 0.4) is 0 Å². The van der Waals surface area contributed by atoms with Crippen molar-refractivity contribution in [2.24, 2.45) is 13.0 Å². The Hall–Kier alpha value is -3.79. The summed E-state index contributed by atoms with van der Waals surface area (Å²) in [5.74, 6) is -6.99. The third-order valence-electron chi connectivity index (χ3n) is 6.45. The van der Waals surface area contributed by atoms with E-state index in [1.54, 1.807) is 20.8 Å². The number of anilines is 1. The lowest BCUT2D eigenvalue weighted by atomic mass is 10.1. The second-order valence-electron chi connectivity index (χ2n) is 10.9. The van der Waals surface area contributed by atoms with Gasteiger partial charge in [0.15, 0.2) is 28.9 Å². The maximum Gasteiger partial charge on any atom is 0.408 e. The Labute approximate surface area is 234 Å². The third kappa shape index (κ3) is 6.43. The molecule has 41 heavy (non-hydrogen) atoms. The van der Waals surface area contributed by atoms with Gasteiger partial charge in [-0.25, -0.2) is 31.1 Å². The Bertz CT molecular complexity index is 1480. The summed E-state index contributed by atoms with van der Waals surface area (Å²) in [7, 11) is -2.89. The first kappa shape index (κ1) is 30.2. The van der Waals surface area contributed by atoms with Crippen LogP contribution in [0.4, 0.5) is 23.7 Å². The summed E-state index contributed by atoms with van der Waals surface area (Å²) in [6, 6.07) is -0.527. The highest BCUT2D eigenvalue weighted by Gasteiger charge is 2.43. The lowest BCUT2D eigenvalue weighted by Crippen LogP contribution is -2.48. The van der Waals surface area contributed by atoms with Crippen molar-refractivity contribution in [1.29, 1.82) is 0 Å². The topological polar surface area (TPSA) is 148 Å². The lowest BCUT2D eigenvalue weighted by molar-refractivity contribution is -0.132. The van der Waals surface area contributed by atoms with Gasteiger partial charge in [0, 0.05) is 56.1 Å². The number of sulfonamides is 1. The zero-order chi connectivity index (χ0) is 30.4. The zero-order valence-corrected chi connectivity index (χ0v) is 23.7. The molecule has 3 amide bonds. The van der Waals surface area contributed by atoms with Gasteiger partial charge in [0.05, 0.1) is 6.61 Å². The Morgan fingerprint density at radius 1 is 1.15 bits per heavy atom.